The number of hydrogen-bond donors (Lipinski definition) is 1. The minimum absolute atomic E-state index is 0.0103. The van der Waals surface area contributed by atoms with E-state index in [0.717, 1.165) is 37.6 Å². The highest BCUT2D eigenvalue weighted by Crippen LogP contribution is 2.37. The van der Waals surface area contributed by atoms with Crippen LogP contribution in [0.15, 0.2) is 53.5 Å². The Balaban J connectivity index is 1.57. The summed E-state index contributed by atoms with van der Waals surface area (Å²) in [5, 5.41) is 3.32. The number of halogens is 1. The van der Waals surface area contributed by atoms with E-state index in [1.165, 1.54) is 23.3 Å². The summed E-state index contributed by atoms with van der Waals surface area (Å²) in [6.07, 6.45) is 1.10. The molecule has 3 atom stereocenters. The molecule has 0 spiro atoms. The van der Waals surface area contributed by atoms with Gasteiger partial charge in [-0.05, 0) is 35.2 Å². The van der Waals surface area contributed by atoms with Crippen LogP contribution in [-0.4, -0.2) is 42.7 Å². The average Bonchev–Trinajstić information content (AvgIpc) is 3.23. The number of nitrogens with zero attached hydrogens (tertiary/aromatic N) is 2. The number of aliphatic imine (C=N–C) groups is 1. The SMILES string of the molecule is Fc1ccc([C@H]2c3ccccc3CCN2C2=N[C@H]3CNC[C@H]3O2)cc1. The normalized spacial score (nSPS) is 27.5. The fourth-order valence-corrected chi connectivity index (χ4v) is 4.12. The second-order valence-electron chi connectivity index (χ2n) is 6.89. The van der Waals surface area contributed by atoms with Gasteiger partial charge in [0.25, 0.3) is 6.02 Å². The van der Waals surface area contributed by atoms with Gasteiger partial charge in [-0.2, -0.15) is 0 Å². The van der Waals surface area contributed by atoms with Crippen LogP contribution in [0.2, 0.25) is 0 Å². The molecule has 2 aromatic rings. The summed E-state index contributed by atoms with van der Waals surface area (Å²) in [4.78, 5) is 7.07. The van der Waals surface area contributed by atoms with Gasteiger partial charge in [0, 0.05) is 19.6 Å². The van der Waals surface area contributed by atoms with Crippen molar-refractivity contribution in [3.63, 3.8) is 0 Å². The Morgan fingerprint density at radius 1 is 1.08 bits per heavy atom. The van der Waals surface area contributed by atoms with Crippen molar-refractivity contribution < 1.29 is 9.13 Å². The first kappa shape index (κ1) is 14.9. The second kappa shape index (κ2) is 5.85. The maximum Gasteiger partial charge on any atom is 0.288 e. The zero-order valence-corrected chi connectivity index (χ0v) is 13.9. The van der Waals surface area contributed by atoms with E-state index in [9.17, 15) is 4.39 Å². The van der Waals surface area contributed by atoms with Crippen LogP contribution in [0.25, 0.3) is 0 Å². The van der Waals surface area contributed by atoms with Gasteiger partial charge >= 0.3 is 0 Å². The average molecular weight is 337 g/mol. The van der Waals surface area contributed by atoms with Gasteiger partial charge in [-0.1, -0.05) is 36.4 Å². The van der Waals surface area contributed by atoms with E-state index in [1.807, 2.05) is 12.1 Å². The molecule has 0 bridgehead atoms. The third-order valence-electron chi connectivity index (χ3n) is 5.38. The van der Waals surface area contributed by atoms with E-state index < -0.39 is 0 Å². The lowest BCUT2D eigenvalue weighted by Crippen LogP contribution is -2.41. The topological polar surface area (TPSA) is 36.9 Å². The number of ether oxygens (including phenoxy) is 1. The lowest BCUT2D eigenvalue weighted by molar-refractivity contribution is 0.169. The highest BCUT2D eigenvalue weighted by atomic mass is 19.1. The van der Waals surface area contributed by atoms with Crippen molar-refractivity contribution in [3.8, 4) is 0 Å². The van der Waals surface area contributed by atoms with Crippen LogP contribution in [0, 0.1) is 5.82 Å². The Kier molecular flexibility index (Phi) is 3.48. The molecule has 3 heterocycles. The van der Waals surface area contributed by atoms with Crippen molar-refractivity contribution in [3.05, 3.63) is 71.0 Å². The molecule has 0 amide bonds. The maximum absolute atomic E-state index is 13.4. The van der Waals surface area contributed by atoms with Crippen LogP contribution in [0.4, 0.5) is 4.39 Å². The molecule has 1 fully saturated rings. The number of hydrogen-bond acceptors (Lipinski definition) is 4. The number of nitrogens with one attached hydrogen (secondary N) is 1. The van der Waals surface area contributed by atoms with Crippen LogP contribution in [0.5, 0.6) is 0 Å². The van der Waals surface area contributed by atoms with Gasteiger partial charge in [0.15, 0.2) is 0 Å². The molecular weight excluding hydrogens is 317 g/mol. The molecular formula is C20H20FN3O. The van der Waals surface area contributed by atoms with Crippen LogP contribution in [0.1, 0.15) is 22.7 Å². The first-order valence-corrected chi connectivity index (χ1v) is 8.85. The summed E-state index contributed by atoms with van der Waals surface area (Å²) in [6.45, 7) is 2.58. The molecule has 4 nitrogen and oxygen atoms in total. The van der Waals surface area contributed by atoms with Gasteiger partial charge in [0.2, 0.25) is 0 Å². The Morgan fingerprint density at radius 2 is 1.92 bits per heavy atom. The summed E-state index contributed by atoms with van der Waals surface area (Å²) in [5.41, 5.74) is 3.66. The number of fused-ring (bicyclic) bond motifs is 2. The lowest BCUT2D eigenvalue weighted by Gasteiger charge is -2.38. The molecule has 3 aliphatic heterocycles. The second-order valence-corrected chi connectivity index (χ2v) is 6.89. The van der Waals surface area contributed by atoms with Crippen LogP contribution in [0.3, 0.4) is 0 Å². The van der Waals surface area contributed by atoms with Gasteiger partial charge < -0.3 is 15.0 Å². The van der Waals surface area contributed by atoms with E-state index in [2.05, 4.69) is 34.5 Å². The van der Waals surface area contributed by atoms with E-state index >= 15 is 0 Å². The number of benzene rings is 2. The van der Waals surface area contributed by atoms with E-state index in [4.69, 9.17) is 9.73 Å². The molecule has 5 rings (SSSR count). The Hall–Kier alpha value is -2.40. The monoisotopic (exact) mass is 337 g/mol. The molecule has 1 N–H and O–H groups in total. The summed E-state index contributed by atoms with van der Waals surface area (Å²) in [7, 11) is 0. The van der Waals surface area contributed by atoms with Crippen LogP contribution >= 0.6 is 0 Å². The first-order valence-electron chi connectivity index (χ1n) is 8.85. The molecule has 2 aromatic carbocycles. The quantitative estimate of drug-likeness (QED) is 0.869. The smallest absolute Gasteiger partial charge is 0.288 e. The first-order chi connectivity index (χ1) is 12.3. The van der Waals surface area contributed by atoms with E-state index in [0.29, 0.717) is 0 Å². The zero-order valence-electron chi connectivity index (χ0n) is 13.9. The molecule has 3 aliphatic rings. The van der Waals surface area contributed by atoms with Gasteiger partial charge in [-0.15, -0.1) is 0 Å². The van der Waals surface area contributed by atoms with Gasteiger partial charge in [0.05, 0.1) is 6.04 Å². The molecule has 5 heteroatoms. The third kappa shape index (κ3) is 2.50. The van der Waals surface area contributed by atoms with Crippen LogP contribution in [-0.2, 0) is 11.2 Å². The Morgan fingerprint density at radius 3 is 2.76 bits per heavy atom. The molecule has 0 radical (unpaired) electrons. The molecule has 0 aliphatic carbocycles. The third-order valence-corrected chi connectivity index (χ3v) is 5.38. The van der Waals surface area contributed by atoms with Crippen molar-refractivity contribution in [2.24, 2.45) is 4.99 Å². The molecule has 25 heavy (non-hydrogen) atoms. The van der Waals surface area contributed by atoms with Gasteiger partial charge in [0.1, 0.15) is 18.0 Å². The highest BCUT2D eigenvalue weighted by molar-refractivity contribution is 5.78. The van der Waals surface area contributed by atoms with Crippen molar-refractivity contribution in [1.29, 1.82) is 0 Å². The Bertz CT molecular complexity index is 820. The zero-order chi connectivity index (χ0) is 16.8. The molecule has 0 aromatic heterocycles. The molecule has 1 saturated heterocycles. The summed E-state index contributed by atoms with van der Waals surface area (Å²) in [5.74, 6) is -0.213. The lowest BCUT2D eigenvalue weighted by atomic mass is 9.88. The molecule has 128 valence electrons. The van der Waals surface area contributed by atoms with Crippen LogP contribution < -0.4 is 5.32 Å². The fraction of sp³-hybridized carbons (Fsp3) is 0.350. The van der Waals surface area contributed by atoms with Gasteiger partial charge in [-0.25, -0.2) is 9.38 Å². The fourth-order valence-electron chi connectivity index (χ4n) is 4.12. The number of amidine groups is 1. The van der Waals surface area contributed by atoms with E-state index in [1.54, 1.807) is 0 Å². The van der Waals surface area contributed by atoms with Gasteiger partial charge in [-0.3, -0.25) is 0 Å². The number of rotatable bonds is 1. The largest absolute Gasteiger partial charge is 0.458 e. The molecule has 0 unspecified atom stereocenters. The summed E-state index contributed by atoms with van der Waals surface area (Å²) in [6, 6.07) is 16.2. The van der Waals surface area contributed by atoms with Crippen molar-refractivity contribution in [1.82, 2.24) is 10.2 Å². The predicted molar refractivity (Wildman–Crippen MR) is 94.1 cm³/mol. The minimum atomic E-state index is -0.213. The highest BCUT2D eigenvalue weighted by Gasteiger charge is 2.40. The van der Waals surface area contributed by atoms with Crippen molar-refractivity contribution >= 4 is 6.02 Å². The Labute approximate surface area is 146 Å². The summed E-state index contributed by atoms with van der Waals surface area (Å²) < 4.78 is 19.6. The predicted octanol–water partition coefficient (Wildman–Crippen LogP) is 2.50. The van der Waals surface area contributed by atoms with E-state index in [-0.39, 0.29) is 24.0 Å². The molecule has 0 saturated carbocycles. The maximum atomic E-state index is 13.4. The standard InChI is InChI=1S/C20H20FN3O/c21-15-7-5-14(6-8-15)19-16-4-2-1-3-13(16)9-10-24(19)20-23-17-11-22-12-18(17)25-20/h1-8,17-19,22H,9-12H2/t17-,18+,19-/m0/s1. The summed E-state index contributed by atoms with van der Waals surface area (Å²) >= 11 is 0. The van der Waals surface area contributed by atoms with Crippen molar-refractivity contribution in [2.75, 3.05) is 19.6 Å². The minimum Gasteiger partial charge on any atom is -0.458 e. The van der Waals surface area contributed by atoms with Crippen molar-refractivity contribution in [2.45, 2.75) is 24.6 Å².